The van der Waals surface area contributed by atoms with Crippen LogP contribution >= 0.6 is 0 Å². The predicted molar refractivity (Wildman–Crippen MR) is 74.6 cm³/mol. The lowest BCUT2D eigenvalue weighted by Gasteiger charge is -2.37. The summed E-state index contributed by atoms with van der Waals surface area (Å²) in [6.07, 6.45) is 2.54. The Balaban J connectivity index is 1.83. The molecule has 6 heteroatoms. The van der Waals surface area contributed by atoms with Crippen molar-refractivity contribution in [3.05, 3.63) is 23.5 Å². The molecule has 1 aliphatic heterocycles. The molecular weight excluding hydrogens is 261 g/mol. The molecule has 3 N–H and O–H groups in total. The first-order valence-corrected chi connectivity index (χ1v) is 6.88. The van der Waals surface area contributed by atoms with Gasteiger partial charge in [-0.05, 0) is 25.0 Å². The van der Waals surface area contributed by atoms with Gasteiger partial charge in [-0.1, -0.05) is 0 Å². The van der Waals surface area contributed by atoms with Crippen LogP contribution in [0.15, 0.2) is 12.1 Å². The van der Waals surface area contributed by atoms with Crippen LogP contribution in [0.5, 0.6) is 0 Å². The molecule has 108 valence electrons. The number of halogens is 1. The zero-order valence-electron chi connectivity index (χ0n) is 11.2. The summed E-state index contributed by atoms with van der Waals surface area (Å²) in [4.78, 5) is 15.8. The highest BCUT2D eigenvalue weighted by atomic mass is 19.1. The van der Waals surface area contributed by atoms with E-state index in [9.17, 15) is 14.3 Å². The highest BCUT2D eigenvalue weighted by molar-refractivity contribution is 6.00. The zero-order valence-corrected chi connectivity index (χ0v) is 11.2. The van der Waals surface area contributed by atoms with E-state index in [1.54, 1.807) is 0 Å². The lowest BCUT2D eigenvalue weighted by atomic mass is 10.1. The number of carboxylic acid groups (broad SMARTS) is 1. The molecule has 0 spiro atoms. The molecule has 1 aliphatic carbocycles. The second kappa shape index (κ2) is 4.94. The van der Waals surface area contributed by atoms with Gasteiger partial charge in [0.1, 0.15) is 11.4 Å². The molecule has 5 nitrogen and oxygen atoms in total. The van der Waals surface area contributed by atoms with Gasteiger partial charge in [-0.3, -0.25) is 4.90 Å². The number of hydrogen-bond donors (Lipinski definition) is 2. The average molecular weight is 279 g/mol. The quantitative estimate of drug-likeness (QED) is 0.818. The number of nitrogens with two attached hydrogens (primary N) is 1. The summed E-state index contributed by atoms with van der Waals surface area (Å²) >= 11 is 0. The summed E-state index contributed by atoms with van der Waals surface area (Å²) in [6, 6.07) is 3.47. The van der Waals surface area contributed by atoms with Crippen LogP contribution in [0.3, 0.4) is 0 Å². The summed E-state index contributed by atoms with van der Waals surface area (Å²) < 4.78 is 13.4. The standard InChI is InChI=1S/C14H18FN3O2/c15-10-3-4-11(12(13(10)16)14(19)20)18-7-5-17(6-8-18)9-1-2-9/h3-4,9H,1-2,5-8,16H2,(H,19,20). The minimum atomic E-state index is -1.18. The van der Waals surface area contributed by atoms with Crippen LogP contribution < -0.4 is 10.6 Å². The molecule has 0 bridgehead atoms. The maximum absolute atomic E-state index is 13.4. The topological polar surface area (TPSA) is 69.8 Å². The number of nitrogen functional groups attached to an aromatic ring is 1. The number of carbonyl (C=O) groups is 1. The van der Waals surface area contributed by atoms with Gasteiger partial charge in [0, 0.05) is 32.2 Å². The van der Waals surface area contributed by atoms with Gasteiger partial charge in [0.05, 0.1) is 11.4 Å². The first-order chi connectivity index (χ1) is 9.58. The highest BCUT2D eigenvalue weighted by Crippen LogP contribution is 2.31. The van der Waals surface area contributed by atoms with Gasteiger partial charge in [-0.25, -0.2) is 9.18 Å². The summed E-state index contributed by atoms with van der Waals surface area (Å²) in [6.45, 7) is 3.34. The van der Waals surface area contributed by atoms with Crippen molar-refractivity contribution in [2.45, 2.75) is 18.9 Å². The van der Waals surface area contributed by atoms with Crippen LogP contribution in [0, 0.1) is 5.82 Å². The molecule has 0 aromatic heterocycles. The van der Waals surface area contributed by atoms with Crippen LogP contribution in [0.25, 0.3) is 0 Å². The summed E-state index contributed by atoms with van der Waals surface area (Å²) in [7, 11) is 0. The number of rotatable bonds is 3. The number of nitrogens with zero attached hydrogens (tertiary/aromatic N) is 2. The molecule has 1 aromatic rings. The predicted octanol–water partition coefficient (Wildman–Crippen LogP) is 1.39. The fraction of sp³-hybridized carbons (Fsp3) is 0.500. The van der Waals surface area contributed by atoms with Crippen molar-refractivity contribution >= 4 is 17.3 Å². The van der Waals surface area contributed by atoms with Gasteiger partial charge in [0.2, 0.25) is 0 Å². The molecule has 0 radical (unpaired) electrons. The Morgan fingerprint density at radius 3 is 2.45 bits per heavy atom. The van der Waals surface area contributed by atoms with E-state index >= 15 is 0 Å². The van der Waals surface area contributed by atoms with Crippen molar-refractivity contribution < 1.29 is 14.3 Å². The lowest BCUT2D eigenvalue weighted by molar-refractivity contribution is 0.0698. The van der Waals surface area contributed by atoms with Crippen LogP contribution in [-0.2, 0) is 0 Å². The van der Waals surface area contributed by atoms with E-state index in [0.29, 0.717) is 5.69 Å². The molecule has 0 atom stereocenters. The molecule has 3 rings (SSSR count). The monoisotopic (exact) mass is 279 g/mol. The Hall–Kier alpha value is -1.82. The normalized spacial score (nSPS) is 20.1. The highest BCUT2D eigenvalue weighted by Gasteiger charge is 2.32. The number of hydrogen-bond acceptors (Lipinski definition) is 4. The minimum Gasteiger partial charge on any atom is -0.478 e. The molecule has 1 heterocycles. The van der Waals surface area contributed by atoms with E-state index in [2.05, 4.69) is 4.90 Å². The molecule has 0 amide bonds. The van der Waals surface area contributed by atoms with Gasteiger partial charge in [-0.15, -0.1) is 0 Å². The van der Waals surface area contributed by atoms with Gasteiger partial charge in [0.25, 0.3) is 0 Å². The average Bonchev–Trinajstić information content (AvgIpc) is 3.26. The van der Waals surface area contributed by atoms with Crippen molar-refractivity contribution in [2.24, 2.45) is 0 Å². The molecule has 1 saturated heterocycles. The van der Waals surface area contributed by atoms with Crippen molar-refractivity contribution in [2.75, 3.05) is 36.8 Å². The van der Waals surface area contributed by atoms with Gasteiger partial charge in [0.15, 0.2) is 0 Å². The Kier molecular flexibility index (Phi) is 3.25. The number of aromatic carboxylic acids is 1. The maximum atomic E-state index is 13.4. The van der Waals surface area contributed by atoms with Crippen molar-refractivity contribution in [1.82, 2.24) is 4.90 Å². The second-order valence-electron chi connectivity index (χ2n) is 5.41. The van der Waals surface area contributed by atoms with Crippen LogP contribution in [0.2, 0.25) is 0 Å². The number of anilines is 2. The summed E-state index contributed by atoms with van der Waals surface area (Å²) in [5.74, 6) is -1.86. The Bertz CT molecular complexity index is 537. The van der Waals surface area contributed by atoms with Crippen LogP contribution in [0.1, 0.15) is 23.2 Å². The zero-order chi connectivity index (χ0) is 14.3. The van der Waals surface area contributed by atoms with E-state index in [4.69, 9.17) is 5.73 Å². The summed E-state index contributed by atoms with van der Waals surface area (Å²) in [5.41, 5.74) is 5.71. The molecule has 1 aromatic carbocycles. The van der Waals surface area contributed by atoms with Gasteiger partial charge in [-0.2, -0.15) is 0 Å². The molecule has 0 unspecified atom stereocenters. The molecule has 2 aliphatic rings. The van der Waals surface area contributed by atoms with Crippen molar-refractivity contribution in [3.8, 4) is 0 Å². The SMILES string of the molecule is Nc1c(F)ccc(N2CCN(C3CC3)CC2)c1C(=O)O. The lowest BCUT2D eigenvalue weighted by Crippen LogP contribution is -2.47. The van der Waals surface area contributed by atoms with Gasteiger partial charge < -0.3 is 15.7 Å². The maximum Gasteiger partial charge on any atom is 0.340 e. The minimum absolute atomic E-state index is 0.120. The molecule has 1 saturated carbocycles. The number of piperazine rings is 1. The first kappa shape index (κ1) is 13.2. The van der Waals surface area contributed by atoms with E-state index in [1.165, 1.54) is 25.0 Å². The summed E-state index contributed by atoms with van der Waals surface area (Å²) in [5, 5.41) is 9.27. The van der Waals surface area contributed by atoms with Gasteiger partial charge >= 0.3 is 5.97 Å². The molecular formula is C14H18FN3O2. The molecule has 20 heavy (non-hydrogen) atoms. The second-order valence-corrected chi connectivity index (χ2v) is 5.41. The third kappa shape index (κ3) is 2.31. The van der Waals surface area contributed by atoms with E-state index < -0.39 is 11.8 Å². The van der Waals surface area contributed by atoms with Crippen LogP contribution in [-0.4, -0.2) is 48.2 Å². The first-order valence-electron chi connectivity index (χ1n) is 6.88. The van der Waals surface area contributed by atoms with Crippen LogP contribution in [0.4, 0.5) is 15.8 Å². The Labute approximate surface area is 116 Å². The number of benzene rings is 1. The number of carboxylic acids is 1. The third-order valence-corrected chi connectivity index (χ3v) is 4.10. The van der Waals surface area contributed by atoms with E-state index in [1.807, 2.05) is 4.90 Å². The fourth-order valence-corrected chi connectivity index (χ4v) is 2.84. The van der Waals surface area contributed by atoms with E-state index in [0.717, 1.165) is 32.2 Å². The Morgan fingerprint density at radius 1 is 1.25 bits per heavy atom. The van der Waals surface area contributed by atoms with Crippen molar-refractivity contribution in [1.29, 1.82) is 0 Å². The van der Waals surface area contributed by atoms with E-state index in [-0.39, 0.29) is 11.3 Å². The van der Waals surface area contributed by atoms with Crippen molar-refractivity contribution in [3.63, 3.8) is 0 Å². The molecule has 2 fully saturated rings. The third-order valence-electron chi connectivity index (χ3n) is 4.10. The largest absolute Gasteiger partial charge is 0.478 e. The fourth-order valence-electron chi connectivity index (χ4n) is 2.84. The Morgan fingerprint density at radius 2 is 1.90 bits per heavy atom. The smallest absolute Gasteiger partial charge is 0.340 e.